The molecule has 3 aliphatic carbocycles. The number of nitrogens with two attached hydrogens (primary N) is 1. The van der Waals surface area contributed by atoms with E-state index in [2.05, 4.69) is 0 Å². The van der Waals surface area contributed by atoms with E-state index in [1.165, 1.54) is 4.90 Å². The standard InChI is InChI=1S/C31H33N3O8/c1-33(2)18-12-16(20-11-13-7-5-6-8-19(13)42-20)25(35)22-15(18)9-14-10-17-24(34(3)4)27(37)23(30(32)40)29(39)31(17,41)28(38)21(14)26(22)36/h5-8,12,14,17,20,24,35-36,39,41H,9-11H2,1-4H3,(H2,32,40). The first kappa shape index (κ1) is 27.8. The molecule has 4 aliphatic rings. The Morgan fingerprint density at radius 3 is 2.38 bits per heavy atom. The molecule has 0 saturated heterocycles. The number of hydrogen-bond donors (Lipinski definition) is 5. The van der Waals surface area contributed by atoms with Crippen LogP contribution in [-0.2, 0) is 27.2 Å². The maximum atomic E-state index is 14.1. The van der Waals surface area contributed by atoms with E-state index in [0.29, 0.717) is 29.0 Å². The second-order valence-electron chi connectivity index (χ2n) is 12.0. The van der Waals surface area contributed by atoms with Crippen molar-refractivity contribution in [1.82, 2.24) is 4.90 Å². The van der Waals surface area contributed by atoms with Gasteiger partial charge in [-0.2, -0.15) is 0 Å². The number of aliphatic hydroxyl groups excluding tert-OH is 2. The topological polar surface area (TPSA) is 174 Å². The number of para-hydroxylation sites is 1. The summed E-state index contributed by atoms with van der Waals surface area (Å²) in [5.74, 6) is -6.06. The minimum absolute atomic E-state index is 0.0299. The van der Waals surface area contributed by atoms with Crippen LogP contribution < -0.4 is 15.4 Å². The van der Waals surface area contributed by atoms with E-state index in [1.807, 2.05) is 49.3 Å². The second-order valence-corrected chi connectivity index (χ2v) is 12.0. The number of Topliss-reactive ketones (excluding diaryl/α,β-unsaturated/α-hetero) is 2. The number of rotatable bonds is 4. The lowest BCUT2D eigenvalue weighted by Gasteiger charge is -2.50. The average Bonchev–Trinajstić information content (AvgIpc) is 3.34. The molecule has 0 spiro atoms. The number of phenolic OH excluding ortho intramolecular Hbond substituents is 1. The van der Waals surface area contributed by atoms with Gasteiger partial charge in [0, 0.05) is 43.3 Å². The highest BCUT2D eigenvalue weighted by molar-refractivity contribution is 6.24. The predicted molar refractivity (Wildman–Crippen MR) is 152 cm³/mol. The molecule has 2 aromatic rings. The summed E-state index contributed by atoms with van der Waals surface area (Å²) < 4.78 is 6.14. The van der Waals surface area contributed by atoms with E-state index >= 15 is 0 Å². The molecule has 0 aromatic heterocycles. The van der Waals surface area contributed by atoms with Gasteiger partial charge in [-0.1, -0.05) is 18.2 Å². The normalized spacial score (nSPS) is 28.2. The lowest BCUT2D eigenvalue weighted by molar-refractivity contribution is -0.153. The van der Waals surface area contributed by atoms with Gasteiger partial charge in [0.05, 0.1) is 11.6 Å². The molecule has 5 atom stereocenters. The predicted octanol–water partition coefficient (Wildman–Crippen LogP) is 1.71. The van der Waals surface area contributed by atoms with Crippen molar-refractivity contribution >= 4 is 28.9 Å². The van der Waals surface area contributed by atoms with Crippen LogP contribution in [0.25, 0.3) is 5.76 Å². The number of hydrogen-bond acceptors (Lipinski definition) is 10. The van der Waals surface area contributed by atoms with Crippen molar-refractivity contribution in [3.8, 4) is 11.5 Å². The van der Waals surface area contributed by atoms with Crippen molar-refractivity contribution in [1.29, 1.82) is 0 Å². The van der Waals surface area contributed by atoms with Crippen LogP contribution in [0.4, 0.5) is 5.69 Å². The zero-order chi connectivity index (χ0) is 30.4. The SMILES string of the molecule is CN(C)c1cc(C2Cc3ccccc3O2)c(O)c2c1CC1CC3C(N(C)C)C(=O)C(C(N)=O)=C(O)C3(O)C(=O)C1=C2O. The highest BCUT2D eigenvalue weighted by Gasteiger charge is 2.64. The zero-order valence-corrected chi connectivity index (χ0v) is 23.7. The number of likely N-dealkylation sites (N-methyl/N-ethyl adjacent to an activating group) is 1. The number of ether oxygens (including phenoxy) is 1. The molecule has 6 rings (SSSR count). The number of nitrogens with zero attached hydrogens (tertiary/aromatic N) is 2. The summed E-state index contributed by atoms with van der Waals surface area (Å²) in [6.45, 7) is 0. The Morgan fingerprint density at radius 2 is 1.76 bits per heavy atom. The number of benzene rings is 2. The Labute approximate surface area is 242 Å². The molecule has 5 unspecified atom stereocenters. The minimum atomic E-state index is -2.68. The lowest BCUT2D eigenvalue weighted by Crippen LogP contribution is -2.65. The van der Waals surface area contributed by atoms with Crippen LogP contribution in [0.2, 0.25) is 0 Å². The van der Waals surface area contributed by atoms with Gasteiger partial charge in [0.25, 0.3) is 5.91 Å². The van der Waals surface area contributed by atoms with E-state index in [-0.39, 0.29) is 29.7 Å². The van der Waals surface area contributed by atoms with E-state index < -0.39 is 64.1 Å². The summed E-state index contributed by atoms with van der Waals surface area (Å²) in [4.78, 5) is 43.0. The molecule has 1 aliphatic heterocycles. The number of carbonyl (C=O) groups excluding carboxylic acids is 3. The van der Waals surface area contributed by atoms with Crippen LogP contribution in [0.5, 0.6) is 11.5 Å². The van der Waals surface area contributed by atoms with Gasteiger partial charge < -0.3 is 35.8 Å². The molecule has 11 heteroatoms. The fraction of sp³-hybridized carbons (Fsp3) is 0.387. The Hall–Kier alpha value is -4.35. The van der Waals surface area contributed by atoms with Crippen LogP contribution in [-0.4, -0.2) is 82.6 Å². The molecule has 1 fully saturated rings. The summed E-state index contributed by atoms with van der Waals surface area (Å²) >= 11 is 0. The van der Waals surface area contributed by atoms with Crippen LogP contribution in [0.3, 0.4) is 0 Å². The second kappa shape index (κ2) is 9.33. The largest absolute Gasteiger partial charge is 0.508 e. The summed E-state index contributed by atoms with van der Waals surface area (Å²) in [5, 5.41) is 46.2. The molecule has 1 heterocycles. The third-order valence-corrected chi connectivity index (χ3v) is 9.20. The number of aromatic hydroxyl groups is 1. The first-order valence-electron chi connectivity index (χ1n) is 13.7. The van der Waals surface area contributed by atoms with Gasteiger partial charge in [-0.05, 0) is 56.1 Å². The number of carbonyl (C=O) groups is 3. The fourth-order valence-corrected chi connectivity index (χ4v) is 7.31. The molecule has 2 aromatic carbocycles. The summed E-state index contributed by atoms with van der Waals surface area (Å²) in [7, 11) is 6.80. The molecule has 1 amide bonds. The van der Waals surface area contributed by atoms with Crippen molar-refractivity contribution in [2.24, 2.45) is 17.6 Å². The number of ketones is 2. The quantitative estimate of drug-likeness (QED) is 0.338. The lowest BCUT2D eigenvalue weighted by atomic mass is 9.57. The average molecular weight is 576 g/mol. The first-order chi connectivity index (χ1) is 19.8. The molecule has 0 radical (unpaired) electrons. The van der Waals surface area contributed by atoms with Gasteiger partial charge in [0.1, 0.15) is 34.7 Å². The Morgan fingerprint density at radius 1 is 1.07 bits per heavy atom. The third-order valence-electron chi connectivity index (χ3n) is 9.20. The molecule has 42 heavy (non-hydrogen) atoms. The molecule has 1 saturated carbocycles. The van der Waals surface area contributed by atoms with E-state index in [1.54, 1.807) is 14.1 Å². The smallest absolute Gasteiger partial charge is 0.255 e. The van der Waals surface area contributed by atoms with Gasteiger partial charge in [-0.25, -0.2) is 0 Å². The summed E-state index contributed by atoms with van der Waals surface area (Å²) in [6, 6.07) is 8.23. The van der Waals surface area contributed by atoms with Crippen LogP contribution in [0, 0.1) is 11.8 Å². The number of primary amides is 1. The van der Waals surface area contributed by atoms with Gasteiger partial charge in [0.2, 0.25) is 5.78 Å². The zero-order valence-electron chi connectivity index (χ0n) is 23.7. The Kier molecular flexibility index (Phi) is 6.18. The number of aliphatic hydroxyl groups is 3. The fourth-order valence-electron chi connectivity index (χ4n) is 7.31. The molecule has 6 N–H and O–H groups in total. The van der Waals surface area contributed by atoms with Crippen molar-refractivity contribution < 1.29 is 39.5 Å². The van der Waals surface area contributed by atoms with Crippen molar-refractivity contribution in [3.05, 3.63) is 69.5 Å². The van der Waals surface area contributed by atoms with Crippen LogP contribution in [0.15, 0.2) is 47.2 Å². The van der Waals surface area contributed by atoms with Gasteiger partial charge in [-0.15, -0.1) is 0 Å². The van der Waals surface area contributed by atoms with Crippen molar-refractivity contribution in [2.45, 2.75) is 37.0 Å². The van der Waals surface area contributed by atoms with Crippen molar-refractivity contribution in [3.63, 3.8) is 0 Å². The van der Waals surface area contributed by atoms with Crippen molar-refractivity contribution in [2.75, 3.05) is 33.1 Å². The maximum Gasteiger partial charge on any atom is 0.255 e. The molecular formula is C31H33N3O8. The molecule has 11 nitrogen and oxygen atoms in total. The number of phenols is 1. The summed E-state index contributed by atoms with van der Waals surface area (Å²) in [5.41, 5.74) is 4.45. The monoisotopic (exact) mass is 575 g/mol. The highest BCUT2D eigenvalue weighted by Crippen LogP contribution is 2.55. The van der Waals surface area contributed by atoms with E-state index in [0.717, 1.165) is 5.56 Å². The maximum absolute atomic E-state index is 14.1. The van der Waals surface area contributed by atoms with E-state index in [9.17, 15) is 34.8 Å². The highest BCUT2D eigenvalue weighted by atomic mass is 16.5. The van der Waals surface area contributed by atoms with Crippen LogP contribution in [0.1, 0.15) is 34.8 Å². The molecular weight excluding hydrogens is 542 g/mol. The van der Waals surface area contributed by atoms with E-state index in [4.69, 9.17) is 10.5 Å². The summed E-state index contributed by atoms with van der Waals surface area (Å²) in [6.07, 6.45) is 0.182. The van der Waals surface area contributed by atoms with Gasteiger partial charge in [-0.3, -0.25) is 19.3 Å². The minimum Gasteiger partial charge on any atom is -0.508 e. The molecule has 0 bridgehead atoms. The number of amides is 1. The Balaban J connectivity index is 1.54. The number of anilines is 1. The molecule has 220 valence electrons. The number of fused-ring (bicyclic) bond motifs is 4. The first-order valence-corrected chi connectivity index (χ1v) is 13.7. The Bertz CT molecular complexity index is 1620. The van der Waals surface area contributed by atoms with Gasteiger partial charge in [0.15, 0.2) is 11.4 Å². The third kappa shape index (κ3) is 3.63. The van der Waals surface area contributed by atoms with Crippen LogP contribution >= 0.6 is 0 Å². The van der Waals surface area contributed by atoms with Gasteiger partial charge >= 0.3 is 0 Å².